The van der Waals surface area contributed by atoms with Crippen LogP contribution in [0.5, 0.6) is 11.5 Å². The van der Waals surface area contributed by atoms with E-state index < -0.39 is 18.0 Å². The van der Waals surface area contributed by atoms with E-state index in [4.69, 9.17) is 14.2 Å². The summed E-state index contributed by atoms with van der Waals surface area (Å²) in [4.78, 5) is 43.1. The quantitative estimate of drug-likeness (QED) is 0.258. The minimum atomic E-state index is -0.724. The Hall–Kier alpha value is -4.24. The van der Waals surface area contributed by atoms with Gasteiger partial charge in [0.2, 0.25) is 0 Å². The van der Waals surface area contributed by atoms with Crippen molar-refractivity contribution < 1.29 is 23.8 Å². The number of benzene rings is 2. The maximum atomic E-state index is 13.7. The number of esters is 2. The second-order valence-electron chi connectivity index (χ2n) is 8.14. The van der Waals surface area contributed by atoms with Crippen LogP contribution in [0.15, 0.2) is 82.2 Å². The summed E-state index contributed by atoms with van der Waals surface area (Å²) in [5, 5.41) is 0. The summed E-state index contributed by atoms with van der Waals surface area (Å²) in [5.74, 6) is 0.0664. The van der Waals surface area contributed by atoms with Gasteiger partial charge in [-0.2, -0.15) is 0 Å². The molecule has 2 aromatic carbocycles. The maximum absolute atomic E-state index is 13.7. The van der Waals surface area contributed by atoms with Gasteiger partial charge in [0.1, 0.15) is 18.1 Å². The number of hydrogen-bond acceptors (Lipinski definition) is 8. The molecular formula is C28H26N2O6S. The number of hydrogen-bond donors (Lipinski definition) is 0. The molecule has 3 aromatic rings. The Morgan fingerprint density at radius 1 is 1.16 bits per heavy atom. The highest BCUT2D eigenvalue weighted by atomic mass is 32.1. The number of aromatic nitrogens is 1. The van der Waals surface area contributed by atoms with Crippen LogP contribution in [0.3, 0.4) is 0 Å². The molecule has 0 saturated carbocycles. The van der Waals surface area contributed by atoms with Gasteiger partial charge in [-0.15, -0.1) is 0 Å². The minimum absolute atomic E-state index is 0.194. The number of thiazole rings is 1. The number of carbonyl (C=O) groups is 2. The van der Waals surface area contributed by atoms with Crippen molar-refractivity contribution in [3.8, 4) is 11.5 Å². The Morgan fingerprint density at radius 2 is 1.92 bits per heavy atom. The number of fused-ring (bicyclic) bond motifs is 1. The molecule has 2 heterocycles. The summed E-state index contributed by atoms with van der Waals surface area (Å²) in [5.41, 5.74) is 1.89. The van der Waals surface area contributed by atoms with Crippen LogP contribution in [0.4, 0.5) is 0 Å². The van der Waals surface area contributed by atoms with Gasteiger partial charge in [0.15, 0.2) is 4.80 Å². The predicted molar refractivity (Wildman–Crippen MR) is 140 cm³/mol. The largest absolute Gasteiger partial charge is 0.490 e. The third-order valence-corrected chi connectivity index (χ3v) is 6.48. The van der Waals surface area contributed by atoms with Crippen molar-refractivity contribution in [2.75, 3.05) is 13.2 Å². The molecule has 0 N–H and O–H groups in total. The first kappa shape index (κ1) is 25.8. The summed E-state index contributed by atoms with van der Waals surface area (Å²) < 4.78 is 18.0. The lowest BCUT2D eigenvalue weighted by Crippen LogP contribution is -2.39. The van der Waals surface area contributed by atoms with Crippen LogP contribution in [0.25, 0.3) is 6.08 Å². The van der Waals surface area contributed by atoms with Gasteiger partial charge in [0.25, 0.3) is 5.56 Å². The molecule has 0 aliphatic carbocycles. The molecule has 1 atom stereocenters. The summed E-state index contributed by atoms with van der Waals surface area (Å²) in [6.45, 7) is 9.00. The maximum Gasteiger partial charge on any atom is 0.338 e. The minimum Gasteiger partial charge on any atom is -0.490 e. The average Bonchev–Trinajstić information content (AvgIpc) is 3.16. The predicted octanol–water partition coefficient (Wildman–Crippen LogP) is 3.29. The first-order valence-corrected chi connectivity index (χ1v) is 12.5. The third-order valence-electron chi connectivity index (χ3n) is 5.50. The summed E-state index contributed by atoms with van der Waals surface area (Å²) in [7, 11) is 0. The zero-order valence-electron chi connectivity index (χ0n) is 20.7. The molecule has 0 amide bonds. The van der Waals surface area contributed by atoms with Crippen LogP contribution < -0.4 is 24.4 Å². The first-order chi connectivity index (χ1) is 17.8. The average molecular weight is 519 g/mol. The Labute approximate surface area is 217 Å². The van der Waals surface area contributed by atoms with E-state index in [0.29, 0.717) is 49.8 Å². The monoisotopic (exact) mass is 518 g/mol. The molecule has 190 valence electrons. The molecule has 4 rings (SSSR count). The van der Waals surface area contributed by atoms with Gasteiger partial charge in [-0.25, -0.2) is 9.79 Å². The third kappa shape index (κ3) is 5.62. The summed E-state index contributed by atoms with van der Waals surface area (Å²) in [6, 6.07) is 13.4. The van der Waals surface area contributed by atoms with Crippen LogP contribution in [-0.4, -0.2) is 29.7 Å². The molecule has 0 radical (unpaired) electrons. The lowest BCUT2D eigenvalue weighted by Gasteiger charge is -2.24. The van der Waals surface area contributed by atoms with Gasteiger partial charge < -0.3 is 14.2 Å². The Kier molecular flexibility index (Phi) is 7.83. The highest BCUT2D eigenvalue weighted by molar-refractivity contribution is 7.07. The fourth-order valence-corrected chi connectivity index (χ4v) is 5.04. The van der Waals surface area contributed by atoms with Crippen molar-refractivity contribution in [2.45, 2.75) is 26.8 Å². The van der Waals surface area contributed by atoms with Crippen molar-refractivity contribution in [3.63, 3.8) is 0 Å². The molecule has 8 nitrogen and oxygen atoms in total. The molecule has 1 aromatic heterocycles. The van der Waals surface area contributed by atoms with Crippen molar-refractivity contribution >= 4 is 29.4 Å². The second kappa shape index (κ2) is 11.2. The zero-order valence-corrected chi connectivity index (χ0v) is 21.5. The van der Waals surface area contributed by atoms with E-state index in [1.807, 2.05) is 12.1 Å². The van der Waals surface area contributed by atoms with Crippen molar-refractivity contribution in [1.82, 2.24) is 4.57 Å². The van der Waals surface area contributed by atoms with Gasteiger partial charge >= 0.3 is 11.9 Å². The Morgan fingerprint density at radius 3 is 2.59 bits per heavy atom. The number of rotatable bonds is 8. The van der Waals surface area contributed by atoms with Crippen molar-refractivity contribution in [1.29, 1.82) is 0 Å². The van der Waals surface area contributed by atoms with Crippen LogP contribution in [0.2, 0.25) is 0 Å². The highest BCUT2D eigenvalue weighted by Gasteiger charge is 2.33. The molecule has 0 spiro atoms. The summed E-state index contributed by atoms with van der Waals surface area (Å²) >= 11 is 1.22. The molecule has 9 heteroatoms. The standard InChI is InChI=1S/C28H26N2O6S/c1-5-14-35-21-12-10-20(11-13-21)25-24(27(33)34-6-2)17(3)29-28-30(25)26(32)23(37-28)16-19-8-7-9-22(15-19)36-18(4)31/h5,7-13,15-16,25H,1,6,14H2,2-4H3/b23-16-. The lowest BCUT2D eigenvalue weighted by molar-refractivity contribution is -0.139. The fraction of sp³-hybridized carbons (Fsp3) is 0.214. The number of nitrogens with zero attached hydrogens (tertiary/aromatic N) is 2. The van der Waals surface area contributed by atoms with E-state index in [-0.39, 0.29) is 12.2 Å². The Bertz CT molecular complexity index is 1560. The molecule has 1 unspecified atom stereocenters. The van der Waals surface area contributed by atoms with Gasteiger partial charge in [-0.3, -0.25) is 14.2 Å². The lowest BCUT2D eigenvalue weighted by atomic mass is 9.96. The zero-order chi connectivity index (χ0) is 26.5. The van der Waals surface area contributed by atoms with E-state index in [9.17, 15) is 14.4 Å². The van der Waals surface area contributed by atoms with Crippen LogP contribution >= 0.6 is 11.3 Å². The van der Waals surface area contributed by atoms with Gasteiger partial charge in [-0.05, 0) is 55.3 Å². The first-order valence-electron chi connectivity index (χ1n) is 11.6. The summed E-state index contributed by atoms with van der Waals surface area (Å²) in [6.07, 6.45) is 3.36. The molecule has 1 aliphatic heterocycles. The van der Waals surface area contributed by atoms with Crippen molar-refractivity contribution in [3.05, 3.63) is 103 Å². The van der Waals surface area contributed by atoms with E-state index in [1.165, 1.54) is 22.8 Å². The van der Waals surface area contributed by atoms with Crippen LogP contribution in [0.1, 0.15) is 37.9 Å². The van der Waals surface area contributed by atoms with Crippen LogP contribution in [-0.2, 0) is 14.3 Å². The fourth-order valence-electron chi connectivity index (χ4n) is 3.99. The molecule has 0 saturated heterocycles. The number of allylic oxidation sites excluding steroid dienone is 1. The Balaban J connectivity index is 1.85. The van der Waals surface area contributed by atoms with Gasteiger partial charge in [-0.1, -0.05) is 48.3 Å². The van der Waals surface area contributed by atoms with E-state index in [1.54, 1.807) is 62.4 Å². The van der Waals surface area contributed by atoms with Crippen molar-refractivity contribution in [2.24, 2.45) is 4.99 Å². The van der Waals surface area contributed by atoms with Gasteiger partial charge in [0.05, 0.1) is 28.5 Å². The molecule has 0 fully saturated rings. The molecule has 37 heavy (non-hydrogen) atoms. The van der Waals surface area contributed by atoms with E-state index in [0.717, 1.165) is 0 Å². The SMILES string of the molecule is C=CCOc1ccc(C2C(C(=O)OCC)=C(C)N=c3s/c(=C\c4cccc(OC(C)=O)c4)c(=O)n32)cc1. The smallest absolute Gasteiger partial charge is 0.338 e. The molecule has 0 bridgehead atoms. The van der Waals surface area contributed by atoms with Crippen LogP contribution in [0, 0.1) is 0 Å². The normalized spacial score (nSPS) is 15.0. The van der Waals surface area contributed by atoms with E-state index in [2.05, 4.69) is 11.6 Å². The molecule has 1 aliphatic rings. The number of carbonyl (C=O) groups excluding carboxylic acids is 2. The second-order valence-corrected chi connectivity index (χ2v) is 9.15. The molecular weight excluding hydrogens is 492 g/mol. The number of ether oxygens (including phenoxy) is 3. The highest BCUT2D eigenvalue weighted by Crippen LogP contribution is 2.31. The van der Waals surface area contributed by atoms with E-state index >= 15 is 0 Å². The topological polar surface area (TPSA) is 96.2 Å². The van der Waals surface area contributed by atoms with Gasteiger partial charge in [0, 0.05) is 6.92 Å².